The molecule has 4 rings (SSSR count). The number of hydrogen-bond donors (Lipinski definition) is 1. The molecule has 0 spiro atoms. The molecule has 37 heavy (non-hydrogen) atoms. The summed E-state index contributed by atoms with van der Waals surface area (Å²) in [6.07, 6.45) is 0.0153. The number of benzene rings is 1. The molecular formula is C26H27F3N6OS. The van der Waals surface area contributed by atoms with Crippen LogP contribution < -0.4 is 5.73 Å². The van der Waals surface area contributed by atoms with Gasteiger partial charge >= 0.3 is 6.18 Å². The molecule has 0 aliphatic carbocycles. The van der Waals surface area contributed by atoms with E-state index in [9.17, 15) is 23.2 Å². The molecule has 7 nitrogen and oxygen atoms in total. The number of fused-ring (bicyclic) bond motifs is 1. The molecule has 0 bridgehead atoms. The molecule has 1 aliphatic heterocycles. The van der Waals surface area contributed by atoms with Crippen LogP contribution in [0.5, 0.6) is 0 Å². The normalized spacial score (nSPS) is 15.8. The number of amides is 1. The minimum absolute atomic E-state index is 0.0454. The molecular weight excluding hydrogens is 501 g/mol. The van der Waals surface area contributed by atoms with Crippen LogP contribution in [0.25, 0.3) is 11.1 Å². The molecule has 11 heteroatoms. The summed E-state index contributed by atoms with van der Waals surface area (Å²) in [6.45, 7) is 3.14. The van der Waals surface area contributed by atoms with Crippen molar-refractivity contribution in [3.05, 3.63) is 69.2 Å². The van der Waals surface area contributed by atoms with Gasteiger partial charge in [0.15, 0.2) is 5.69 Å². The van der Waals surface area contributed by atoms with Crippen molar-refractivity contribution >= 4 is 22.9 Å². The summed E-state index contributed by atoms with van der Waals surface area (Å²) < 4.78 is 43.2. The number of nitrogens with two attached hydrogens (primary N) is 1. The molecule has 2 aromatic heterocycles. The van der Waals surface area contributed by atoms with E-state index in [1.54, 1.807) is 42.2 Å². The average Bonchev–Trinajstić information content (AvgIpc) is 3.47. The van der Waals surface area contributed by atoms with Gasteiger partial charge in [-0.15, -0.1) is 11.3 Å². The lowest BCUT2D eigenvalue weighted by Gasteiger charge is -2.33. The van der Waals surface area contributed by atoms with Gasteiger partial charge in [-0.3, -0.25) is 9.48 Å². The van der Waals surface area contributed by atoms with Crippen molar-refractivity contribution in [2.45, 2.75) is 32.1 Å². The maximum atomic E-state index is 14.0. The van der Waals surface area contributed by atoms with E-state index in [-0.39, 0.29) is 24.6 Å². The quantitative estimate of drug-likeness (QED) is 0.370. The maximum absolute atomic E-state index is 14.0. The van der Waals surface area contributed by atoms with Crippen LogP contribution in [0.2, 0.25) is 0 Å². The van der Waals surface area contributed by atoms with Crippen molar-refractivity contribution < 1.29 is 18.0 Å². The lowest BCUT2D eigenvalue weighted by atomic mass is 9.83. The zero-order valence-corrected chi connectivity index (χ0v) is 21.5. The minimum atomic E-state index is -4.65. The Labute approximate surface area is 217 Å². The predicted molar refractivity (Wildman–Crippen MR) is 137 cm³/mol. The van der Waals surface area contributed by atoms with Crippen LogP contribution in [-0.2, 0) is 24.1 Å². The van der Waals surface area contributed by atoms with E-state index in [4.69, 9.17) is 5.73 Å². The zero-order valence-electron chi connectivity index (χ0n) is 20.7. The van der Waals surface area contributed by atoms with Crippen LogP contribution in [0.3, 0.4) is 0 Å². The standard InChI is InChI=1S/C26H27F3N6OS/c1-4-35-14-22(25(32-35)26(27,28)29)18-8-7-16(31)10-19(18)21-13-34(24(36)6-5-9-33(2)3)15-23-20(21)11-17(12-30)37-23/h5-8,10-11,14,21H,4,9,13,15,31H2,1-3H3/b6-5+. The Kier molecular flexibility index (Phi) is 7.43. The number of hydrogen-bond acceptors (Lipinski definition) is 6. The molecule has 3 aromatic rings. The average molecular weight is 529 g/mol. The van der Waals surface area contributed by atoms with E-state index in [0.29, 0.717) is 34.8 Å². The van der Waals surface area contributed by atoms with E-state index in [1.807, 2.05) is 19.0 Å². The fraction of sp³-hybridized carbons (Fsp3) is 0.346. The van der Waals surface area contributed by atoms with Crippen molar-refractivity contribution in [2.24, 2.45) is 0 Å². The highest BCUT2D eigenvalue weighted by Crippen LogP contribution is 2.44. The molecule has 194 valence electrons. The Balaban J connectivity index is 1.85. The second-order valence-electron chi connectivity index (χ2n) is 9.13. The number of halogens is 3. The summed E-state index contributed by atoms with van der Waals surface area (Å²) in [5, 5.41) is 13.3. The molecule has 0 fully saturated rings. The number of nitrogen functional groups attached to an aromatic ring is 1. The first-order valence-corrected chi connectivity index (χ1v) is 12.5. The maximum Gasteiger partial charge on any atom is 0.435 e. The lowest BCUT2D eigenvalue weighted by molar-refractivity contribution is -0.141. The van der Waals surface area contributed by atoms with E-state index in [1.165, 1.54) is 28.3 Å². The van der Waals surface area contributed by atoms with Crippen molar-refractivity contribution in [2.75, 3.05) is 32.9 Å². The smallest absolute Gasteiger partial charge is 0.399 e. The molecule has 1 aromatic carbocycles. The highest BCUT2D eigenvalue weighted by Gasteiger charge is 2.39. The Bertz CT molecular complexity index is 1380. The van der Waals surface area contributed by atoms with Gasteiger partial charge in [0.05, 0.1) is 6.54 Å². The number of carbonyl (C=O) groups is 1. The van der Waals surface area contributed by atoms with Crippen LogP contribution in [0.15, 0.2) is 42.6 Å². The van der Waals surface area contributed by atoms with Crippen molar-refractivity contribution in [3.8, 4) is 17.2 Å². The van der Waals surface area contributed by atoms with Gasteiger partial charge in [-0.25, -0.2) is 0 Å². The third-order valence-corrected chi connectivity index (χ3v) is 7.24. The molecule has 3 heterocycles. The fourth-order valence-corrected chi connectivity index (χ4v) is 5.52. The molecule has 1 atom stereocenters. The highest BCUT2D eigenvalue weighted by atomic mass is 32.1. The van der Waals surface area contributed by atoms with Crippen LogP contribution in [-0.4, -0.2) is 52.7 Å². The van der Waals surface area contributed by atoms with E-state index in [2.05, 4.69) is 11.2 Å². The van der Waals surface area contributed by atoms with E-state index >= 15 is 0 Å². The third kappa shape index (κ3) is 5.55. The van der Waals surface area contributed by atoms with Crippen molar-refractivity contribution in [1.82, 2.24) is 19.6 Å². The van der Waals surface area contributed by atoms with E-state index < -0.39 is 17.8 Å². The molecule has 0 radical (unpaired) electrons. The lowest BCUT2D eigenvalue weighted by Crippen LogP contribution is -2.37. The Morgan fingerprint density at radius 1 is 1.30 bits per heavy atom. The molecule has 1 amide bonds. The van der Waals surface area contributed by atoms with Gasteiger partial charge in [-0.05, 0) is 55.9 Å². The first-order chi connectivity index (χ1) is 17.5. The van der Waals surface area contributed by atoms with Crippen molar-refractivity contribution in [1.29, 1.82) is 5.26 Å². The topological polar surface area (TPSA) is 91.2 Å². The molecule has 0 saturated carbocycles. The first kappa shape index (κ1) is 26.4. The van der Waals surface area contributed by atoms with Gasteiger partial charge in [0.25, 0.3) is 0 Å². The number of carbonyl (C=O) groups excluding carboxylic acids is 1. The Hall–Kier alpha value is -3.62. The van der Waals surface area contributed by atoms with Gasteiger partial charge in [-0.2, -0.15) is 23.5 Å². The summed E-state index contributed by atoms with van der Waals surface area (Å²) in [5.74, 6) is -0.678. The predicted octanol–water partition coefficient (Wildman–Crippen LogP) is 4.70. The number of aryl methyl sites for hydroxylation is 1. The third-order valence-electron chi connectivity index (χ3n) is 6.20. The zero-order chi connectivity index (χ0) is 26.9. The number of nitrogens with zero attached hydrogens (tertiary/aromatic N) is 5. The second-order valence-corrected chi connectivity index (χ2v) is 10.3. The number of rotatable bonds is 6. The van der Waals surface area contributed by atoms with Gasteiger partial charge in [0.1, 0.15) is 10.9 Å². The van der Waals surface area contributed by atoms with Gasteiger partial charge in [0.2, 0.25) is 5.91 Å². The second kappa shape index (κ2) is 10.4. The fourth-order valence-electron chi connectivity index (χ4n) is 4.48. The summed E-state index contributed by atoms with van der Waals surface area (Å²) in [6, 6.07) is 8.72. The number of aromatic nitrogens is 2. The van der Waals surface area contributed by atoms with Crippen LogP contribution in [0.4, 0.5) is 18.9 Å². The Morgan fingerprint density at radius 2 is 2.05 bits per heavy atom. The molecule has 2 N–H and O–H groups in total. The first-order valence-electron chi connectivity index (χ1n) is 11.7. The largest absolute Gasteiger partial charge is 0.435 e. The van der Waals surface area contributed by atoms with E-state index in [0.717, 1.165) is 10.4 Å². The SMILES string of the molecule is CCn1cc(-c2ccc(N)cc2C2CN(C(=O)/C=C/CN(C)C)Cc3sc(C#N)cc32)c(C(F)(F)F)n1. The summed E-state index contributed by atoms with van der Waals surface area (Å²) in [7, 11) is 3.79. The Morgan fingerprint density at radius 3 is 2.70 bits per heavy atom. The molecule has 1 aliphatic rings. The summed E-state index contributed by atoms with van der Waals surface area (Å²) in [5.41, 5.74) is 7.22. The molecule has 0 saturated heterocycles. The van der Waals surface area contributed by atoms with Crippen LogP contribution in [0, 0.1) is 11.3 Å². The number of alkyl halides is 3. The minimum Gasteiger partial charge on any atom is -0.399 e. The van der Waals surface area contributed by atoms with Crippen molar-refractivity contribution in [3.63, 3.8) is 0 Å². The van der Waals surface area contributed by atoms with Crippen LogP contribution >= 0.6 is 11.3 Å². The number of nitriles is 1. The molecule has 1 unspecified atom stereocenters. The van der Waals surface area contributed by atoms with Gasteiger partial charge in [0, 0.05) is 54.0 Å². The summed E-state index contributed by atoms with van der Waals surface area (Å²) >= 11 is 1.29. The van der Waals surface area contributed by atoms with Crippen LogP contribution in [0.1, 0.15) is 39.4 Å². The number of thiophene rings is 1. The monoisotopic (exact) mass is 528 g/mol. The van der Waals surface area contributed by atoms with Gasteiger partial charge in [-0.1, -0.05) is 12.1 Å². The van der Waals surface area contributed by atoms with Gasteiger partial charge < -0.3 is 15.5 Å². The number of likely N-dealkylation sites (N-methyl/N-ethyl adjacent to an activating group) is 1. The number of anilines is 1. The summed E-state index contributed by atoms with van der Waals surface area (Å²) in [4.78, 5) is 18.0. The highest BCUT2D eigenvalue weighted by molar-refractivity contribution is 7.12.